The molecular weight excluding hydrogens is 611 g/mol. The van der Waals surface area contributed by atoms with E-state index in [4.69, 9.17) is 5.26 Å². The Labute approximate surface area is 259 Å². The van der Waals surface area contributed by atoms with Crippen LogP contribution in [0.5, 0.6) is 5.75 Å². The molecule has 0 atom stereocenters. The number of rotatable bonds is 10. The molecule has 0 amide bonds. The molecule has 0 unspecified atom stereocenters. The van der Waals surface area contributed by atoms with E-state index in [9.17, 15) is 17.6 Å². The van der Waals surface area contributed by atoms with Gasteiger partial charge in [0.05, 0.1) is 5.56 Å². The lowest BCUT2D eigenvalue weighted by atomic mass is 9.98. The minimum Gasteiger partial charge on any atom is -0.429 e. The van der Waals surface area contributed by atoms with Crippen molar-refractivity contribution in [1.82, 2.24) is 9.97 Å². The number of benzene rings is 4. The number of unbranched alkanes of at least 4 members (excludes halogenated alkanes) is 2. The Balaban J connectivity index is 1.34. The summed E-state index contributed by atoms with van der Waals surface area (Å²) in [7, 11) is 0. The van der Waals surface area contributed by atoms with Crippen LogP contribution >= 0.6 is 0 Å². The van der Waals surface area contributed by atoms with E-state index in [2.05, 4.69) is 21.6 Å². The molecule has 0 fully saturated rings. The van der Waals surface area contributed by atoms with E-state index in [1.165, 1.54) is 36.7 Å². The number of aromatic nitrogens is 2. The zero-order valence-electron chi connectivity index (χ0n) is 24.2. The maximum absolute atomic E-state index is 15.0. The van der Waals surface area contributed by atoms with Gasteiger partial charge in [0.1, 0.15) is 46.5 Å². The Morgan fingerprint density at radius 1 is 0.696 bits per heavy atom. The molecule has 5 aromatic rings. The predicted molar refractivity (Wildman–Crippen MR) is 157 cm³/mol. The first kappa shape index (κ1) is 32.2. The molecule has 0 bridgehead atoms. The van der Waals surface area contributed by atoms with Crippen LogP contribution in [0.3, 0.4) is 0 Å². The number of hydrogen-bond acceptors (Lipinski definition) is 4. The molecule has 234 valence electrons. The third-order valence-corrected chi connectivity index (χ3v) is 7.23. The summed E-state index contributed by atoms with van der Waals surface area (Å²) >= 11 is 0. The van der Waals surface area contributed by atoms with Gasteiger partial charge >= 0.3 is 6.11 Å². The first-order valence-corrected chi connectivity index (χ1v) is 14.2. The number of alkyl halides is 2. The molecule has 1 heterocycles. The summed E-state index contributed by atoms with van der Waals surface area (Å²) in [6.45, 7) is 2.06. The largest absolute Gasteiger partial charge is 0.432 e. The van der Waals surface area contributed by atoms with Crippen molar-refractivity contribution in [3.05, 3.63) is 125 Å². The first-order chi connectivity index (χ1) is 22.0. The highest BCUT2D eigenvalue weighted by Gasteiger charge is 2.41. The summed E-state index contributed by atoms with van der Waals surface area (Å²) < 4.78 is 108. The third-order valence-electron chi connectivity index (χ3n) is 7.23. The maximum Gasteiger partial charge on any atom is 0.432 e. The predicted octanol–water partition coefficient (Wildman–Crippen LogP) is 9.91. The fourth-order valence-electron chi connectivity index (χ4n) is 4.87. The molecule has 0 N–H and O–H groups in total. The molecule has 1 aromatic heterocycles. The lowest BCUT2D eigenvalue weighted by Gasteiger charge is -2.20. The number of nitrogens with zero attached hydrogens (tertiary/aromatic N) is 3. The van der Waals surface area contributed by atoms with Crippen molar-refractivity contribution < 1.29 is 35.5 Å². The van der Waals surface area contributed by atoms with Crippen molar-refractivity contribution in [3.63, 3.8) is 0 Å². The Kier molecular flexibility index (Phi) is 9.37. The molecule has 0 spiro atoms. The highest BCUT2D eigenvalue weighted by atomic mass is 19.3. The second-order valence-electron chi connectivity index (χ2n) is 10.4. The van der Waals surface area contributed by atoms with Gasteiger partial charge in [0.2, 0.25) is 0 Å². The summed E-state index contributed by atoms with van der Waals surface area (Å²) in [5.74, 6) is -6.81. The van der Waals surface area contributed by atoms with E-state index in [0.29, 0.717) is 18.2 Å². The lowest BCUT2D eigenvalue weighted by Crippen LogP contribution is -2.25. The van der Waals surface area contributed by atoms with E-state index in [1.807, 2.05) is 0 Å². The van der Waals surface area contributed by atoms with Crippen molar-refractivity contribution >= 4 is 0 Å². The fourth-order valence-corrected chi connectivity index (χ4v) is 4.87. The van der Waals surface area contributed by atoms with E-state index >= 15 is 13.2 Å². The van der Waals surface area contributed by atoms with Gasteiger partial charge in [-0.2, -0.15) is 14.0 Å². The van der Waals surface area contributed by atoms with Gasteiger partial charge in [-0.25, -0.2) is 31.9 Å². The third kappa shape index (κ3) is 6.86. The van der Waals surface area contributed by atoms with E-state index in [0.717, 1.165) is 55.5 Å². The van der Waals surface area contributed by atoms with Gasteiger partial charge in [-0.3, -0.25) is 0 Å². The molecule has 0 saturated heterocycles. The molecule has 0 aliphatic carbocycles. The van der Waals surface area contributed by atoms with Gasteiger partial charge in [-0.1, -0.05) is 38.0 Å². The smallest absolute Gasteiger partial charge is 0.429 e. The number of nitriles is 1. The van der Waals surface area contributed by atoms with Crippen LogP contribution < -0.4 is 4.74 Å². The average Bonchev–Trinajstić information content (AvgIpc) is 3.01. The molecule has 0 saturated carbocycles. The summed E-state index contributed by atoms with van der Waals surface area (Å²) in [4.78, 5) is 8.19. The molecule has 0 aliphatic rings. The minimum absolute atomic E-state index is 0.0202. The van der Waals surface area contributed by atoms with Gasteiger partial charge in [-0.15, -0.1) is 0 Å². The van der Waals surface area contributed by atoms with E-state index < -0.39 is 46.5 Å². The van der Waals surface area contributed by atoms with Crippen LogP contribution in [-0.2, 0) is 12.5 Å². The number of hydrogen-bond donors (Lipinski definition) is 0. The Hall–Kier alpha value is -5.24. The molecule has 46 heavy (non-hydrogen) atoms. The van der Waals surface area contributed by atoms with E-state index in [-0.39, 0.29) is 39.2 Å². The lowest BCUT2D eigenvalue weighted by molar-refractivity contribution is -0.189. The zero-order valence-corrected chi connectivity index (χ0v) is 24.2. The van der Waals surface area contributed by atoms with Crippen molar-refractivity contribution in [3.8, 4) is 45.5 Å². The van der Waals surface area contributed by atoms with Crippen molar-refractivity contribution in [2.45, 2.75) is 38.7 Å². The highest BCUT2D eigenvalue weighted by molar-refractivity contribution is 5.72. The van der Waals surface area contributed by atoms with Crippen LogP contribution in [0, 0.1) is 40.4 Å². The standard InChI is InChI=1S/C35H24F7N3O/c1-2-3-4-5-20-18-44-34(45-19-20)24-14-31(39)33(32(40)15-24)35(41,42)46-25-9-11-27(30(38)16-25)22-8-10-26(29(37)13-22)21-6-7-23(17-43)28(36)12-21/h6-16,18-19H,2-5H2,1H3. The van der Waals surface area contributed by atoms with E-state index in [1.54, 1.807) is 6.07 Å². The monoisotopic (exact) mass is 635 g/mol. The average molecular weight is 636 g/mol. The summed E-state index contributed by atoms with van der Waals surface area (Å²) in [6.07, 6.45) is 2.18. The van der Waals surface area contributed by atoms with Gasteiger partial charge in [0.25, 0.3) is 0 Å². The second-order valence-corrected chi connectivity index (χ2v) is 10.4. The SMILES string of the molecule is CCCCCc1cnc(-c2cc(F)c(C(F)(F)Oc3ccc(-c4ccc(-c5ccc(C#N)c(F)c5)c(F)c4)c(F)c3)c(F)c2)nc1. The maximum atomic E-state index is 15.0. The number of ether oxygens (including phenoxy) is 1. The zero-order chi connectivity index (χ0) is 33.0. The van der Waals surface area contributed by atoms with Crippen LogP contribution in [-0.4, -0.2) is 9.97 Å². The Bertz CT molecular complexity index is 1920. The van der Waals surface area contributed by atoms with Gasteiger partial charge in [0, 0.05) is 35.2 Å². The highest BCUT2D eigenvalue weighted by Crippen LogP contribution is 2.38. The normalized spacial score (nSPS) is 11.4. The molecule has 0 radical (unpaired) electrons. The summed E-state index contributed by atoms with van der Waals surface area (Å²) in [5.41, 5.74) is -1.28. The molecule has 4 aromatic carbocycles. The molecule has 0 aliphatic heterocycles. The molecular formula is C35H24F7N3O. The van der Waals surface area contributed by atoms with Crippen LogP contribution in [0.25, 0.3) is 33.6 Å². The molecule has 11 heteroatoms. The quantitative estimate of drug-likeness (QED) is 0.113. The molecule has 5 rings (SSSR count). The molecule has 4 nitrogen and oxygen atoms in total. The van der Waals surface area contributed by atoms with Crippen LogP contribution in [0.15, 0.2) is 79.1 Å². The van der Waals surface area contributed by atoms with Crippen LogP contribution in [0.2, 0.25) is 0 Å². The van der Waals surface area contributed by atoms with Crippen molar-refractivity contribution in [2.75, 3.05) is 0 Å². The van der Waals surface area contributed by atoms with Gasteiger partial charge in [0.15, 0.2) is 5.82 Å². The second kappa shape index (κ2) is 13.4. The topological polar surface area (TPSA) is 58.8 Å². The van der Waals surface area contributed by atoms with Crippen LogP contribution in [0.4, 0.5) is 30.7 Å². The van der Waals surface area contributed by atoms with Gasteiger partial charge in [-0.05, 0) is 72.0 Å². The minimum atomic E-state index is -4.55. The van der Waals surface area contributed by atoms with Gasteiger partial charge < -0.3 is 4.74 Å². The Morgan fingerprint density at radius 2 is 1.26 bits per heavy atom. The van der Waals surface area contributed by atoms with Crippen molar-refractivity contribution in [2.24, 2.45) is 0 Å². The number of aryl methyl sites for hydroxylation is 1. The van der Waals surface area contributed by atoms with Crippen molar-refractivity contribution in [1.29, 1.82) is 5.26 Å². The Morgan fingerprint density at radius 3 is 1.83 bits per heavy atom. The summed E-state index contributed by atoms with van der Waals surface area (Å²) in [6, 6.07) is 12.6. The first-order valence-electron chi connectivity index (χ1n) is 14.2. The summed E-state index contributed by atoms with van der Waals surface area (Å²) in [5, 5.41) is 8.88. The fraction of sp³-hybridized carbons (Fsp3) is 0.171. The van der Waals surface area contributed by atoms with Crippen LogP contribution in [0.1, 0.15) is 42.9 Å². The number of halogens is 7.